The van der Waals surface area contributed by atoms with Gasteiger partial charge in [0.1, 0.15) is 6.61 Å². The van der Waals surface area contributed by atoms with E-state index < -0.39 is 0 Å². The van der Waals surface area contributed by atoms with E-state index in [0.29, 0.717) is 6.61 Å². The number of benzene rings is 1. The zero-order valence-corrected chi connectivity index (χ0v) is 13.4. The van der Waals surface area contributed by atoms with Crippen LogP contribution in [0.3, 0.4) is 0 Å². The maximum Gasteiger partial charge on any atom is 0.122 e. The molecule has 2 heterocycles. The summed E-state index contributed by atoms with van der Waals surface area (Å²) in [4.78, 5) is 3.67. The Morgan fingerprint density at radius 2 is 2.25 bits per heavy atom. The molecule has 4 heteroatoms. The van der Waals surface area contributed by atoms with Crippen LogP contribution < -0.4 is 0 Å². The van der Waals surface area contributed by atoms with Crippen molar-refractivity contribution in [1.29, 1.82) is 0 Å². The molecule has 0 spiro atoms. The summed E-state index contributed by atoms with van der Waals surface area (Å²) in [6.07, 6.45) is 4.69. The van der Waals surface area contributed by atoms with Gasteiger partial charge in [0, 0.05) is 33.1 Å². The van der Waals surface area contributed by atoms with E-state index in [-0.39, 0.29) is 0 Å². The van der Waals surface area contributed by atoms with Gasteiger partial charge in [0.15, 0.2) is 0 Å². The van der Waals surface area contributed by atoms with Crippen molar-refractivity contribution in [3.63, 3.8) is 0 Å². The summed E-state index contributed by atoms with van der Waals surface area (Å²) in [5, 5.41) is 2.26. The first-order valence-corrected chi connectivity index (χ1v) is 8.03. The minimum absolute atomic E-state index is 0.643. The van der Waals surface area contributed by atoms with E-state index in [0.717, 1.165) is 24.5 Å². The number of ether oxygens (including phenoxy) is 1. The van der Waals surface area contributed by atoms with Crippen molar-refractivity contribution in [3.8, 4) is 0 Å². The average molecular weight is 308 g/mol. The molecule has 0 radical (unpaired) electrons. The second-order valence-electron chi connectivity index (χ2n) is 5.17. The lowest BCUT2D eigenvalue weighted by atomic mass is 10.0. The molecule has 3 rings (SSSR count). The molecule has 2 aromatic rings. The quantitative estimate of drug-likeness (QED) is 0.769. The normalized spacial score (nSPS) is 15.9. The van der Waals surface area contributed by atoms with Crippen molar-refractivity contribution in [2.75, 3.05) is 13.6 Å². The molecule has 0 amide bonds. The second-order valence-corrected chi connectivity index (χ2v) is 6.72. The highest BCUT2D eigenvalue weighted by molar-refractivity contribution is 7.19. The maximum absolute atomic E-state index is 6.41. The van der Waals surface area contributed by atoms with Gasteiger partial charge in [-0.3, -0.25) is 0 Å². The Morgan fingerprint density at radius 3 is 3.05 bits per heavy atom. The number of nitrogens with zero attached hydrogens (tertiary/aromatic N) is 1. The molecule has 0 aliphatic carbocycles. The number of halogens is 1. The summed E-state index contributed by atoms with van der Waals surface area (Å²) < 4.78 is 6.92. The molecule has 0 N–H and O–H groups in total. The van der Waals surface area contributed by atoms with Crippen molar-refractivity contribution in [2.45, 2.75) is 26.5 Å². The SMILES string of the molecule is C/C=C\OCc1sc2ccc(Cl)c3c2c1CN(C)CC3. The van der Waals surface area contributed by atoms with E-state index >= 15 is 0 Å². The summed E-state index contributed by atoms with van der Waals surface area (Å²) in [6.45, 7) is 4.63. The van der Waals surface area contributed by atoms with Gasteiger partial charge in [0.2, 0.25) is 0 Å². The Morgan fingerprint density at radius 1 is 1.40 bits per heavy atom. The van der Waals surface area contributed by atoms with E-state index in [1.54, 1.807) is 6.26 Å². The van der Waals surface area contributed by atoms with Crippen LogP contribution in [0.15, 0.2) is 24.5 Å². The zero-order chi connectivity index (χ0) is 14.1. The molecule has 0 unspecified atom stereocenters. The van der Waals surface area contributed by atoms with Gasteiger partial charge in [-0.1, -0.05) is 17.7 Å². The number of rotatable bonds is 3. The molecule has 106 valence electrons. The van der Waals surface area contributed by atoms with Crippen molar-refractivity contribution in [1.82, 2.24) is 4.90 Å². The standard InChI is InChI=1S/C16H18ClNOS/c1-3-8-19-10-15-12-9-18(2)7-6-11-13(17)4-5-14(20-15)16(11)12/h3-5,8H,6-7,9-10H2,1-2H3/b8-3-. The molecule has 0 saturated carbocycles. The van der Waals surface area contributed by atoms with Crippen molar-refractivity contribution in [2.24, 2.45) is 0 Å². The first-order valence-electron chi connectivity index (χ1n) is 6.83. The number of hydrogen-bond donors (Lipinski definition) is 0. The van der Waals surface area contributed by atoms with Crippen LogP contribution in [0.25, 0.3) is 10.1 Å². The van der Waals surface area contributed by atoms with E-state index in [4.69, 9.17) is 16.3 Å². The molecular weight excluding hydrogens is 290 g/mol. The van der Waals surface area contributed by atoms with E-state index in [9.17, 15) is 0 Å². The first-order chi connectivity index (χ1) is 9.70. The second kappa shape index (κ2) is 5.76. The molecule has 2 nitrogen and oxygen atoms in total. The van der Waals surface area contributed by atoms with E-state index in [1.807, 2.05) is 30.4 Å². The molecule has 20 heavy (non-hydrogen) atoms. The minimum Gasteiger partial charge on any atom is -0.496 e. The molecule has 1 aliphatic rings. The van der Waals surface area contributed by atoms with Crippen LogP contribution in [0.2, 0.25) is 5.02 Å². The molecular formula is C16H18ClNOS. The summed E-state index contributed by atoms with van der Waals surface area (Å²) in [6, 6.07) is 4.17. The van der Waals surface area contributed by atoms with Crippen LogP contribution >= 0.6 is 22.9 Å². The Balaban J connectivity index is 2.12. The summed E-state index contributed by atoms with van der Waals surface area (Å²) in [5.41, 5.74) is 2.70. The van der Waals surface area contributed by atoms with Crippen molar-refractivity contribution in [3.05, 3.63) is 45.5 Å². The summed E-state index contributed by atoms with van der Waals surface area (Å²) in [5.74, 6) is 0. The largest absolute Gasteiger partial charge is 0.496 e. The fourth-order valence-electron chi connectivity index (χ4n) is 2.75. The predicted molar refractivity (Wildman–Crippen MR) is 86.5 cm³/mol. The third-order valence-electron chi connectivity index (χ3n) is 3.71. The number of allylic oxidation sites excluding steroid dienone is 1. The van der Waals surface area contributed by atoms with Gasteiger partial charge in [-0.25, -0.2) is 0 Å². The highest BCUT2D eigenvalue weighted by atomic mass is 35.5. The molecule has 1 aromatic heterocycles. The highest BCUT2D eigenvalue weighted by Gasteiger charge is 2.21. The average Bonchev–Trinajstić information content (AvgIpc) is 2.65. The van der Waals surface area contributed by atoms with E-state index in [1.165, 1.54) is 26.1 Å². The molecule has 0 fully saturated rings. The zero-order valence-electron chi connectivity index (χ0n) is 11.8. The Bertz CT molecular complexity index is 662. The van der Waals surface area contributed by atoms with Crippen LogP contribution in [-0.4, -0.2) is 18.5 Å². The Hall–Kier alpha value is -1.03. The van der Waals surface area contributed by atoms with Gasteiger partial charge in [0.25, 0.3) is 0 Å². The van der Waals surface area contributed by atoms with Gasteiger partial charge in [-0.2, -0.15) is 0 Å². The number of likely N-dealkylation sites (N-methyl/N-ethyl adjacent to an activating group) is 1. The lowest BCUT2D eigenvalue weighted by Crippen LogP contribution is -2.19. The first kappa shape index (κ1) is 13.9. The molecule has 1 aromatic carbocycles. The van der Waals surface area contributed by atoms with E-state index in [2.05, 4.69) is 18.0 Å². The fraction of sp³-hybridized carbons (Fsp3) is 0.375. The van der Waals surface area contributed by atoms with Crippen LogP contribution in [0.1, 0.15) is 22.9 Å². The summed E-state index contributed by atoms with van der Waals surface area (Å²) in [7, 11) is 2.17. The highest BCUT2D eigenvalue weighted by Crippen LogP contribution is 2.39. The van der Waals surface area contributed by atoms with Crippen LogP contribution in [0, 0.1) is 0 Å². The van der Waals surface area contributed by atoms with Crippen molar-refractivity contribution >= 4 is 33.0 Å². The third kappa shape index (κ3) is 2.46. The maximum atomic E-state index is 6.41. The number of thiophene rings is 1. The van der Waals surface area contributed by atoms with Crippen LogP contribution in [-0.2, 0) is 24.3 Å². The minimum atomic E-state index is 0.643. The molecule has 0 atom stereocenters. The predicted octanol–water partition coefficient (Wildman–Crippen LogP) is 4.59. The van der Waals surface area contributed by atoms with Gasteiger partial charge in [-0.05, 0) is 43.7 Å². The fourth-order valence-corrected chi connectivity index (χ4v) is 4.17. The van der Waals surface area contributed by atoms with Gasteiger partial charge < -0.3 is 9.64 Å². The Labute approximate surface area is 128 Å². The van der Waals surface area contributed by atoms with Gasteiger partial charge in [-0.15, -0.1) is 11.3 Å². The third-order valence-corrected chi connectivity index (χ3v) is 5.23. The molecule has 0 bridgehead atoms. The lowest BCUT2D eigenvalue weighted by Gasteiger charge is -2.13. The van der Waals surface area contributed by atoms with Crippen molar-refractivity contribution < 1.29 is 4.74 Å². The van der Waals surface area contributed by atoms with Gasteiger partial charge in [0.05, 0.1) is 6.26 Å². The topological polar surface area (TPSA) is 12.5 Å². The smallest absolute Gasteiger partial charge is 0.122 e. The van der Waals surface area contributed by atoms with Crippen LogP contribution in [0.4, 0.5) is 0 Å². The summed E-state index contributed by atoms with van der Waals surface area (Å²) >= 11 is 8.24. The monoisotopic (exact) mass is 307 g/mol. The Kier molecular flexibility index (Phi) is 4.01. The van der Waals surface area contributed by atoms with Gasteiger partial charge >= 0.3 is 0 Å². The molecule has 1 aliphatic heterocycles. The number of hydrogen-bond acceptors (Lipinski definition) is 3. The van der Waals surface area contributed by atoms with Crippen LogP contribution in [0.5, 0.6) is 0 Å². The lowest BCUT2D eigenvalue weighted by molar-refractivity contribution is 0.236. The molecule has 0 saturated heterocycles.